The number of benzene rings is 1. The lowest BCUT2D eigenvalue weighted by molar-refractivity contribution is -0.205. The standard InChI is InChI=1S/C28H38O4/c1-28-15-14-22-21-11-9-20(31-26-6-2-4-16-29-26)18-19(21)8-10-23(22)24(28)12-13-25(28)32-27-7-3-5-17-30-27/h9,11-13,18,22-27H,2-8,10,14-17H2,1H3. The molecule has 0 aromatic heterocycles. The van der Waals surface area contributed by atoms with Crippen LogP contribution in [0.4, 0.5) is 0 Å². The molecule has 4 nitrogen and oxygen atoms in total. The first kappa shape index (κ1) is 21.2. The first-order valence-electron chi connectivity index (χ1n) is 13.1. The Balaban J connectivity index is 1.16. The topological polar surface area (TPSA) is 36.9 Å². The molecular weight excluding hydrogens is 400 g/mol. The molecule has 1 aromatic carbocycles. The molecule has 7 unspecified atom stereocenters. The van der Waals surface area contributed by atoms with Gasteiger partial charge in [-0.25, -0.2) is 0 Å². The van der Waals surface area contributed by atoms with E-state index in [0.29, 0.717) is 17.8 Å². The molecule has 4 heteroatoms. The number of rotatable bonds is 4. The lowest BCUT2D eigenvalue weighted by Gasteiger charge is -2.51. The zero-order valence-electron chi connectivity index (χ0n) is 19.5. The van der Waals surface area contributed by atoms with Gasteiger partial charge in [0.05, 0.1) is 12.7 Å². The van der Waals surface area contributed by atoms with Crippen LogP contribution in [0.1, 0.15) is 81.8 Å². The van der Waals surface area contributed by atoms with Gasteiger partial charge in [-0.05, 0) is 98.8 Å². The van der Waals surface area contributed by atoms with Gasteiger partial charge in [-0.15, -0.1) is 0 Å². The summed E-state index contributed by atoms with van der Waals surface area (Å²) in [6.45, 7) is 4.14. The van der Waals surface area contributed by atoms with Crippen molar-refractivity contribution < 1.29 is 18.9 Å². The van der Waals surface area contributed by atoms with Crippen LogP contribution in [-0.2, 0) is 20.6 Å². The SMILES string of the molecule is CC12CCC3c4ccc(OC5CCCCO5)cc4CCC3C1C=CC2OC1CCCCO1. The Hall–Kier alpha value is -1.36. The summed E-state index contributed by atoms with van der Waals surface area (Å²) in [6, 6.07) is 6.84. The first-order chi connectivity index (χ1) is 15.7. The maximum Gasteiger partial charge on any atom is 0.199 e. The first-order valence-corrected chi connectivity index (χ1v) is 13.1. The molecule has 2 heterocycles. The predicted molar refractivity (Wildman–Crippen MR) is 124 cm³/mol. The van der Waals surface area contributed by atoms with Gasteiger partial charge in [-0.2, -0.15) is 0 Å². The summed E-state index contributed by atoms with van der Waals surface area (Å²) in [5, 5.41) is 0. The molecule has 0 spiro atoms. The fourth-order valence-corrected chi connectivity index (χ4v) is 7.18. The van der Waals surface area contributed by atoms with E-state index in [-0.39, 0.29) is 24.1 Å². The summed E-state index contributed by atoms with van der Waals surface area (Å²) in [5.41, 5.74) is 3.27. The predicted octanol–water partition coefficient (Wildman–Crippen LogP) is 6.14. The molecule has 5 aliphatic rings. The Morgan fingerprint density at radius 2 is 1.72 bits per heavy atom. The zero-order valence-corrected chi connectivity index (χ0v) is 19.5. The minimum atomic E-state index is -0.0674. The van der Waals surface area contributed by atoms with Gasteiger partial charge in [0.25, 0.3) is 0 Å². The van der Waals surface area contributed by atoms with Crippen LogP contribution in [0.5, 0.6) is 5.75 Å². The Labute approximate surface area is 192 Å². The third kappa shape index (κ3) is 3.82. The molecule has 0 amide bonds. The van der Waals surface area contributed by atoms with E-state index in [9.17, 15) is 0 Å². The Kier molecular flexibility index (Phi) is 5.81. The van der Waals surface area contributed by atoms with Gasteiger partial charge in [0.2, 0.25) is 0 Å². The third-order valence-corrected chi connectivity index (χ3v) is 8.98. The number of hydrogen-bond acceptors (Lipinski definition) is 4. The van der Waals surface area contributed by atoms with Crippen molar-refractivity contribution in [2.75, 3.05) is 13.2 Å². The molecule has 0 bridgehead atoms. The Morgan fingerprint density at radius 1 is 0.906 bits per heavy atom. The summed E-state index contributed by atoms with van der Waals surface area (Å²) in [7, 11) is 0. The van der Waals surface area contributed by atoms with Crippen LogP contribution in [0.25, 0.3) is 0 Å². The van der Waals surface area contributed by atoms with Crippen LogP contribution < -0.4 is 4.74 Å². The van der Waals surface area contributed by atoms with Crippen LogP contribution in [0.3, 0.4) is 0 Å². The number of aryl methyl sites for hydroxylation is 1. The molecular formula is C28H38O4. The fourth-order valence-electron chi connectivity index (χ4n) is 7.18. The van der Waals surface area contributed by atoms with Crippen LogP contribution in [0.2, 0.25) is 0 Å². The van der Waals surface area contributed by atoms with E-state index in [4.69, 9.17) is 18.9 Å². The molecule has 0 radical (unpaired) electrons. The molecule has 0 N–H and O–H groups in total. The molecule has 7 atom stereocenters. The van der Waals surface area contributed by atoms with Crippen molar-refractivity contribution in [3.63, 3.8) is 0 Å². The zero-order chi connectivity index (χ0) is 21.5. The number of fused-ring (bicyclic) bond motifs is 5. The van der Waals surface area contributed by atoms with Gasteiger partial charge in [-0.1, -0.05) is 25.1 Å². The highest BCUT2D eigenvalue weighted by atomic mass is 16.7. The lowest BCUT2D eigenvalue weighted by atomic mass is 9.55. The van der Waals surface area contributed by atoms with E-state index in [0.717, 1.165) is 44.6 Å². The largest absolute Gasteiger partial charge is 0.465 e. The minimum Gasteiger partial charge on any atom is -0.465 e. The third-order valence-electron chi connectivity index (χ3n) is 8.98. The highest BCUT2D eigenvalue weighted by Crippen LogP contribution is 2.59. The van der Waals surface area contributed by atoms with E-state index in [1.165, 1.54) is 44.1 Å². The van der Waals surface area contributed by atoms with Gasteiger partial charge < -0.3 is 18.9 Å². The van der Waals surface area contributed by atoms with E-state index >= 15 is 0 Å². The molecule has 1 aromatic rings. The van der Waals surface area contributed by atoms with E-state index < -0.39 is 0 Å². The number of ether oxygens (including phenoxy) is 4. The minimum absolute atomic E-state index is 0.00894. The van der Waals surface area contributed by atoms with E-state index in [1.54, 1.807) is 5.56 Å². The van der Waals surface area contributed by atoms with Crippen molar-refractivity contribution in [3.05, 3.63) is 41.5 Å². The highest BCUT2D eigenvalue weighted by molar-refractivity contribution is 5.41. The summed E-state index contributed by atoms with van der Waals surface area (Å²) in [6.07, 6.45) is 16.7. The van der Waals surface area contributed by atoms with Crippen molar-refractivity contribution in [1.29, 1.82) is 0 Å². The molecule has 3 fully saturated rings. The fraction of sp³-hybridized carbons (Fsp3) is 0.714. The second-order valence-electron chi connectivity index (χ2n) is 10.9. The maximum absolute atomic E-state index is 6.52. The highest BCUT2D eigenvalue weighted by Gasteiger charge is 2.53. The van der Waals surface area contributed by atoms with Gasteiger partial charge in [0.1, 0.15) is 5.75 Å². The quantitative estimate of drug-likeness (QED) is 0.530. The van der Waals surface area contributed by atoms with Crippen molar-refractivity contribution in [3.8, 4) is 5.75 Å². The molecule has 6 rings (SSSR count). The number of hydrogen-bond donors (Lipinski definition) is 0. The average Bonchev–Trinajstić information content (AvgIpc) is 3.16. The number of allylic oxidation sites excluding steroid dienone is 1. The average molecular weight is 439 g/mol. The Bertz CT molecular complexity index is 838. The van der Waals surface area contributed by atoms with Crippen molar-refractivity contribution in [1.82, 2.24) is 0 Å². The van der Waals surface area contributed by atoms with E-state index in [1.807, 2.05) is 0 Å². The van der Waals surface area contributed by atoms with Crippen LogP contribution in [-0.4, -0.2) is 31.9 Å². The summed E-state index contributed by atoms with van der Waals surface area (Å²) in [4.78, 5) is 0. The van der Waals surface area contributed by atoms with Crippen LogP contribution in [0, 0.1) is 17.3 Å². The monoisotopic (exact) mass is 438 g/mol. The molecule has 1 saturated carbocycles. The van der Waals surface area contributed by atoms with Crippen molar-refractivity contribution >= 4 is 0 Å². The van der Waals surface area contributed by atoms with Crippen molar-refractivity contribution in [2.24, 2.45) is 17.3 Å². The lowest BCUT2D eigenvalue weighted by Crippen LogP contribution is -2.46. The van der Waals surface area contributed by atoms with Gasteiger partial charge >= 0.3 is 0 Å². The van der Waals surface area contributed by atoms with E-state index in [2.05, 4.69) is 37.3 Å². The smallest absolute Gasteiger partial charge is 0.199 e. The Morgan fingerprint density at radius 3 is 2.50 bits per heavy atom. The molecule has 2 saturated heterocycles. The molecule has 32 heavy (non-hydrogen) atoms. The van der Waals surface area contributed by atoms with Gasteiger partial charge in [0, 0.05) is 18.4 Å². The van der Waals surface area contributed by atoms with Gasteiger partial charge in [-0.3, -0.25) is 0 Å². The second-order valence-corrected chi connectivity index (χ2v) is 10.9. The second kappa shape index (κ2) is 8.77. The van der Waals surface area contributed by atoms with Gasteiger partial charge in [0.15, 0.2) is 12.6 Å². The van der Waals surface area contributed by atoms with Crippen molar-refractivity contribution in [2.45, 2.75) is 95.7 Å². The maximum atomic E-state index is 6.52. The molecule has 3 aliphatic carbocycles. The summed E-state index contributed by atoms with van der Waals surface area (Å²) < 4.78 is 24.4. The molecule has 174 valence electrons. The molecule has 2 aliphatic heterocycles. The normalized spacial score (nSPS) is 40.9. The van der Waals surface area contributed by atoms with Crippen LogP contribution in [0.15, 0.2) is 30.4 Å². The van der Waals surface area contributed by atoms with Crippen LogP contribution >= 0.6 is 0 Å². The summed E-state index contributed by atoms with van der Waals surface area (Å²) >= 11 is 0. The summed E-state index contributed by atoms with van der Waals surface area (Å²) in [5.74, 6) is 2.96.